The zero-order valence-electron chi connectivity index (χ0n) is 14.3. The molecule has 0 aliphatic carbocycles. The Balaban J connectivity index is 1.59. The van der Waals surface area contributed by atoms with Crippen molar-refractivity contribution in [3.63, 3.8) is 0 Å². The highest BCUT2D eigenvalue weighted by Crippen LogP contribution is 2.32. The number of anilines is 1. The third-order valence-electron chi connectivity index (χ3n) is 4.19. The Bertz CT molecular complexity index is 970. The van der Waals surface area contributed by atoms with Crippen molar-refractivity contribution in [3.8, 4) is 0 Å². The molecule has 2 aromatic carbocycles. The van der Waals surface area contributed by atoms with Gasteiger partial charge in [0.05, 0.1) is 10.9 Å². The molecule has 27 heavy (non-hydrogen) atoms. The number of esters is 1. The van der Waals surface area contributed by atoms with E-state index in [1.54, 1.807) is 25.1 Å². The highest BCUT2D eigenvalue weighted by molar-refractivity contribution is 6.30. The molecule has 5 nitrogen and oxygen atoms in total. The first-order valence-corrected chi connectivity index (χ1v) is 8.51. The van der Waals surface area contributed by atoms with Crippen LogP contribution in [0.4, 0.5) is 10.1 Å². The van der Waals surface area contributed by atoms with Gasteiger partial charge in [-0.25, -0.2) is 9.18 Å². The van der Waals surface area contributed by atoms with Crippen LogP contribution in [0.5, 0.6) is 0 Å². The van der Waals surface area contributed by atoms with Gasteiger partial charge in [-0.1, -0.05) is 17.7 Å². The summed E-state index contributed by atoms with van der Waals surface area (Å²) in [6.07, 6.45) is 2.54. The summed E-state index contributed by atoms with van der Waals surface area (Å²) in [4.78, 5) is 35.6. The summed E-state index contributed by atoms with van der Waals surface area (Å²) in [5.74, 6) is -2.10. The minimum absolute atomic E-state index is 0.0560. The Morgan fingerprint density at radius 3 is 2.78 bits per heavy atom. The minimum Gasteiger partial charge on any atom is -0.454 e. The quantitative estimate of drug-likeness (QED) is 0.478. The van der Waals surface area contributed by atoms with E-state index in [1.807, 2.05) is 0 Å². The fraction of sp³-hybridized carbons (Fsp3) is 0.150. The number of carbonyl (C=O) groups is 3. The second-order valence-corrected chi connectivity index (χ2v) is 6.46. The van der Waals surface area contributed by atoms with Crippen molar-refractivity contribution in [1.29, 1.82) is 0 Å². The van der Waals surface area contributed by atoms with Gasteiger partial charge in [0, 0.05) is 17.3 Å². The van der Waals surface area contributed by atoms with Crippen LogP contribution < -0.4 is 5.32 Å². The van der Waals surface area contributed by atoms with Gasteiger partial charge < -0.3 is 10.1 Å². The van der Waals surface area contributed by atoms with E-state index in [0.717, 1.165) is 11.6 Å². The summed E-state index contributed by atoms with van der Waals surface area (Å²) >= 11 is 5.66. The highest BCUT2D eigenvalue weighted by Gasteiger charge is 2.27. The number of benzene rings is 2. The first kappa shape index (κ1) is 18.8. The molecule has 0 saturated carbocycles. The molecular formula is C20H15ClFNO4. The van der Waals surface area contributed by atoms with Gasteiger partial charge in [0.15, 0.2) is 12.4 Å². The van der Waals surface area contributed by atoms with Crippen molar-refractivity contribution >= 4 is 41.0 Å². The fourth-order valence-corrected chi connectivity index (χ4v) is 2.83. The molecule has 0 aromatic heterocycles. The lowest BCUT2D eigenvalue weighted by Gasteiger charge is -2.06. The number of hydrogen-bond donors (Lipinski definition) is 1. The summed E-state index contributed by atoms with van der Waals surface area (Å²) in [7, 11) is 0. The molecule has 3 rings (SSSR count). The van der Waals surface area contributed by atoms with E-state index in [1.165, 1.54) is 24.3 Å². The van der Waals surface area contributed by atoms with Crippen LogP contribution in [0.15, 0.2) is 42.5 Å². The van der Waals surface area contributed by atoms with E-state index in [4.69, 9.17) is 16.3 Å². The number of carbonyl (C=O) groups excluding carboxylic acids is 3. The lowest BCUT2D eigenvalue weighted by atomic mass is 9.99. The molecule has 0 saturated heterocycles. The van der Waals surface area contributed by atoms with Crippen LogP contribution >= 0.6 is 11.6 Å². The van der Waals surface area contributed by atoms with Crippen LogP contribution in [0.25, 0.3) is 6.08 Å². The standard InChI is InChI=1S/C20H15ClFNO4/c1-11-14-9-13(4-6-17(14)23-20(11)26)18(24)10-27-19(25)7-3-12-2-5-16(22)15(21)8-12/h2-9,11H,10H2,1H3,(H,23,26)/b7-3+/t11-/m0/s1. The third kappa shape index (κ3) is 4.23. The Morgan fingerprint density at radius 1 is 1.26 bits per heavy atom. The number of hydrogen-bond acceptors (Lipinski definition) is 4. The van der Waals surface area contributed by atoms with Crippen molar-refractivity contribution in [2.45, 2.75) is 12.8 Å². The zero-order chi connectivity index (χ0) is 19.6. The number of halogens is 2. The van der Waals surface area contributed by atoms with Crippen molar-refractivity contribution in [2.75, 3.05) is 11.9 Å². The Morgan fingerprint density at radius 2 is 2.04 bits per heavy atom. The van der Waals surface area contributed by atoms with E-state index in [9.17, 15) is 18.8 Å². The molecule has 0 unspecified atom stereocenters. The number of ketones is 1. The summed E-state index contributed by atoms with van der Waals surface area (Å²) < 4.78 is 18.0. The fourth-order valence-electron chi connectivity index (χ4n) is 2.64. The highest BCUT2D eigenvalue weighted by atomic mass is 35.5. The first-order chi connectivity index (χ1) is 12.8. The molecular weight excluding hydrogens is 373 g/mol. The second kappa shape index (κ2) is 7.72. The van der Waals surface area contributed by atoms with Gasteiger partial charge in [-0.15, -0.1) is 0 Å². The molecule has 1 aliphatic heterocycles. The van der Waals surface area contributed by atoms with Gasteiger partial charge in [0.2, 0.25) is 5.91 Å². The average Bonchev–Trinajstić information content (AvgIpc) is 2.94. The van der Waals surface area contributed by atoms with Crippen LogP contribution in [-0.4, -0.2) is 24.3 Å². The average molecular weight is 388 g/mol. The molecule has 0 radical (unpaired) electrons. The van der Waals surface area contributed by atoms with Gasteiger partial charge in [-0.2, -0.15) is 0 Å². The van der Waals surface area contributed by atoms with E-state index in [0.29, 0.717) is 16.8 Å². The molecule has 1 N–H and O–H groups in total. The molecule has 138 valence electrons. The smallest absolute Gasteiger partial charge is 0.331 e. The second-order valence-electron chi connectivity index (χ2n) is 6.05. The normalized spacial score (nSPS) is 15.5. The summed E-state index contributed by atoms with van der Waals surface area (Å²) in [6.45, 7) is 1.32. The van der Waals surface area contributed by atoms with E-state index in [2.05, 4.69) is 5.32 Å². The predicted octanol–water partition coefficient (Wildman–Crippen LogP) is 3.97. The van der Waals surface area contributed by atoms with Crippen LogP contribution in [0.1, 0.15) is 34.3 Å². The van der Waals surface area contributed by atoms with Crippen molar-refractivity contribution < 1.29 is 23.5 Å². The number of fused-ring (bicyclic) bond motifs is 1. The largest absolute Gasteiger partial charge is 0.454 e. The molecule has 0 bridgehead atoms. The van der Waals surface area contributed by atoms with Crippen LogP contribution in [0.2, 0.25) is 5.02 Å². The van der Waals surface area contributed by atoms with Gasteiger partial charge in [-0.3, -0.25) is 9.59 Å². The molecule has 2 aromatic rings. The third-order valence-corrected chi connectivity index (χ3v) is 4.48. The topological polar surface area (TPSA) is 72.5 Å². The van der Waals surface area contributed by atoms with Crippen molar-refractivity contribution in [2.24, 2.45) is 0 Å². The van der Waals surface area contributed by atoms with Crippen molar-refractivity contribution in [1.82, 2.24) is 0 Å². The van der Waals surface area contributed by atoms with Crippen LogP contribution in [-0.2, 0) is 14.3 Å². The summed E-state index contributed by atoms with van der Waals surface area (Å²) in [5, 5.41) is 2.67. The van der Waals surface area contributed by atoms with E-state index in [-0.39, 0.29) is 22.6 Å². The van der Waals surface area contributed by atoms with Gasteiger partial charge in [0.25, 0.3) is 0 Å². The van der Waals surface area contributed by atoms with Gasteiger partial charge in [-0.05, 0) is 54.5 Å². The zero-order valence-corrected chi connectivity index (χ0v) is 15.0. The Kier molecular flexibility index (Phi) is 5.37. The Hall–Kier alpha value is -2.99. The van der Waals surface area contributed by atoms with E-state index >= 15 is 0 Å². The predicted molar refractivity (Wildman–Crippen MR) is 99.2 cm³/mol. The molecule has 1 aliphatic rings. The van der Waals surface area contributed by atoms with Gasteiger partial charge >= 0.3 is 5.97 Å². The number of ether oxygens (including phenoxy) is 1. The first-order valence-electron chi connectivity index (χ1n) is 8.13. The van der Waals surface area contributed by atoms with E-state index < -0.39 is 18.4 Å². The maximum absolute atomic E-state index is 13.1. The SMILES string of the molecule is C[C@@H]1C(=O)Nc2ccc(C(=O)COC(=O)/C=C/c3ccc(F)c(Cl)c3)cc21. The van der Waals surface area contributed by atoms with Crippen LogP contribution in [0, 0.1) is 5.82 Å². The number of rotatable bonds is 5. The summed E-state index contributed by atoms with van der Waals surface area (Å²) in [6, 6.07) is 8.87. The molecule has 0 spiro atoms. The number of Topliss-reactive ketones (excluding diaryl/α,β-unsaturated/α-hetero) is 1. The van der Waals surface area contributed by atoms with Crippen molar-refractivity contribution in [3.05, 3.63) is 70.0 Å². The van der Waals surface area contributed by atoms with Crippen LogP contribution in [0.3, 0.4) is 0 Å². The van der Waals surface area contributed by atoms with Gasteiger partial charge in [0.1, 0.15) is 5.82 Å². The maximum Gasteiger partial charge on any atom is 0.331 e. The lowest BCUT2D eigenvalue weighted by molar-refractivity contribution is -0.136. The molecule has 0 fully saturated rings. The molecule has 1 heterocycles. The Labute approximate surface area is 159 Å². The lowest BCUT2D eigenvalue weighted by Crippen LogP contribution is -2.13. The number of amides is 1. The maximum atomic E-state index is 13.1. The monoisotopic (exact) mass is 387 g/mol. The molecule has 1 amide bonds. The minimum atomic E-state index is -0.713. The molecule has 1 atom stereocenters. The molecule has 7 heteroatoms. The summed E-state index contributed by atoms with van der Waals surface area (Å²) in [5.41, 5.74) is 2.31. The number of nitrogens with one attached hydrogen (secondary N) is 1.